The summed E-state index contributed by atoms with van der Waals surface area (Å²) in [4.78, 5) is 16.4. The summed E-state index contributed by atoms with van der Waals surface area (Å²) in [6.07, 6.45) is 4.57. The van der Waals surface area contributed by atoms with Gasteiger partial charge >= 0.3 is 0 Å². The van der Waals surface area contributed by atoms with Crippen LogP contribution in [0.25, 0.3) is 6.08 Å². The molecule has 1 amide bonds. The van der Waals surface area contributed by atoms with Crippen molar-refractivity contribution in [2.75, 3.05) is 10.6 Å². The lowest BCUT2D eigenvalue weighted by molar-refractivity contribution is -0.111. The van der Waals surface area contributed by atoms with E-state index in [4.69, 9.17) is 0 Å². The summed E-state index contributed by atoms with van der Waals surface area (Å²) in [5, 5.41) is 15.2. The van der Waals surface area contributed by atoms with Gasteiger partial charge in [-0.05, 0) is 60.2 Å². The number of nitrogens with zero attached hydrogens (tertiary/aromatic N) is 1. The molecule has 3 aromatic rings. The predicted octanol–water partition coefficient (Wildman–Crippen LogP) is 4.32. The number of phenolic OH excluding ortho intramolecular Hbond substituents is 1. The Hall–Kier alpha value is -3.67. The monoisotopic (exact) mass is 349 g/mol. The molecular formula is C20H16FN3O2. The number of phenols is 1. The van der Waals surface area contributed by atoms with Crippen LogP contribution in [0.4, 0.5) is 21.6 Å². The van der Waals surface area contributed by atoms with Gasteiger partial charge in [0, 0.05) is 18.0 Å². The fourth-order valence-corrected chi connectivity index (χ4v) is 2.21. The first-order chi connectivity index (χ1) is 12.6. The zero-order valence-electron chi connectivity index (χ0n) is 13.7. The molecule has 3 rings (SSSR count). The normalized spacial score (nSPS) is 10.7. The molecule has 2 aromatic carbocycles. The van der Waals surface area contributed by atoms with Crippen LogP contribution in [0.1, 0.15) is 5.56 Å². The molecular weight excluding hydrogens is 333 g/mol. The third kappa shape index (κ3) is 4.67. The van der Waals surface area contributed by atoms with Crippen LogP contribution >= 0.6 is 0 Å². The highest BCUT2D eigenvalue weighted by atomic mass is 19.1. The molecule has 0 aliphatic carbocycles. The lowest BCUT2D eigenvalue weighted by Gasteiger charge is -2.11. The SMILES string of the molecule is O=C(/C=C/c1ccc(F)cc1)Nc1cccnc1Nc1ccc(O)cc1. The number of amides is 1. The van der Waals surface area contributed by atoms with Crippen LogP contribution in [0.5, 0.6) is 5.75 Å². The van der Waals surface area contributed by atoms with Gasteiger partial charge in [-0.1, -0.05) is 12.1 Å². The smallest absolute Gasteiger partial charge is 0.248 e. The highest BCUT2D eigenvalue weighted by Gasteiger charge is 2.06. The molecule has 0 aliphatic rings. The van der Waals surface area contributed by atoms with Crippen molar-refractivity contribution in [3.63, 3.8) is 0 Å². The molecule has 0 atom stereocenters. The zero-order chi connectivity index (χ0) is 18.4. The molecule has 1 heterocycles. The van der Waals surface area contributed by atoms with Gasteiger partial charge in [-0.2, -0.15) is 0 Å². The molecule has 3 N–H and O–H groups in total. The first kappa shape index (κ1) is 17.2. The fraction of sp³-hybridized carbons (Fsp3) is 0. The second-order valence-corrected chi connectivity index (χ2v) is 5.45. The minimum atomic E-state index is -0.337. The van der Waals surface area contributed by atoms with Gasteiger partial charge in [0.1, 0.15) is 11.6 Å². The molecule has 0 unspecified atom stereocenters. The third-order valence-corrected chi connectivity index (χ3v) is 3.49. The molecule has 0 radical (unpaired) electrons. The summed E-state index contributed by atoms with van der Waals surface area (Å²) in [6, 6.07) is 15.8. The number of nitrogens with one attached hydrogen (secondary N) is 2. The Morgan fingerprint density at radius 1 is 1.04 bits per heavy atom. The van der Waals surface area contributed by atoms with Crippen molar-refractivity contribution >= 4 is 29.2 Å². The summed E-state index contributed by atoms with van der Waals surface area (Å²) in [6.45, 7) is 0. The van der Waals surface area contributed by atoms with Crippen LogP contribution in [-0.2, 0) is 4.79 Å². The Bertz CT molecular complexity index is 923. The number of hydrogen-bond acceptors (Lipinski definition) is 4. The van der Waals surface area contributed by atoms with Gasteiger partial charge in [-0.3, -0.25) is 4.79 Å². The van der Waals surface area contributed by atoms with Gasteiger partial charge in [0.15, 0.2) is 5.82 Å². The van der Waals surface area contributed by atoms with E-state index in [-0.39, 0.29) is 17.5 Å². The molecule has 6 heteroatoms. The van der Waals surface area contributed by atoms with Gasteiger partial charge in [-0.15, -0.1) is 0 Å². The van der Waals surface area contributed by atoms with E-state index in [2.05, 4.69) is 15.6 Å². The van der Waals surface area contributed by atoms with Gasteiger partial charge in [0.2, 0.25) is 5.91 Å². The van der Waals surface area contributed by atoms with E-state index < -0.39 is 0 Å². The largest absolute Gasteiger partial charge is 0.508 e. The maximum absolute atomic E-state index is 12.9. The highest BCUT2D eigenvalue weighted by molar-refractivity contribution is 6.03. The van der Waals surface area contributed by atoms with E-state index in [9.17, 15) is 14.3 Å². The Morgan fingerprint density at radius 3 is 2.50 bits per heavy atom. The van der Waals surface area contributed by atoms with E-state index >= 15 is 0 Å². The van der Waals surface area contributed by atoms with E-state index in [0.29, 0.717) is 11.5 Å². The molecule has 0 saturated heterocycles. The number of aromatic nitrogens is 1. The number of benzene rings is 2. The van der Waals surface area contributed by atoms with E-state index in [1.165, 1.54) is 18.2 Å². The Balaban J connectivity index is 1.70. The van der Waals surface area contributed by atoms with E-state index in [1.807, 2.05) is 0 Å². The zero-order valence-corrected chi connectivity index (χ0v) is 13.7. The van der Waals surface area contributed by atoms with Crippen molar-refractivity contribution in [3.8, 4) is 5.75 Å². The van der Waals surface area contributed by atoms with Gasteiger partial charge in [0.25, 0.3) is 0 Å². The Morgan fingerprint density at radius 2 is 1.77 bits per heavy atom. The second kappa shape index (κ2) is 7.94. The standard InChI is InChI=1S/C20H16FN3O2/c21-15-6-3-14(4-7-15)5-12-19(26)24-18-2-1-13-22-20(18)23-16-8-10-17(25)11-9-16/h1-13,25H,(H,22,23)(H,24,26)/b12-5+. The van der Waals surface area contributed by atoms with Crippen LogP contribution in [0.2, 0.25) is 0 Å². The van der Waals surface area contributed by atoms with Crippen LogP contribution < -0.4 is 10.6 Å². The van der Waals surface area contributed by atoms with E-state index in [1.54, 1.807) is 60.8 Å². The first-order valence-corrected chi connectivity index (χ1v) is 7.86. The van der Waals surface area contributed by atoms with E-state index in [0.717, 1.165) is 11.3 Å². The molecule has 1 aromatic heterocycles. The van der Waals surface area contributed by atoms with Crippen molar-refractivity contribution in [2.24, 2.45) is 0 Å². The number of carbonyl (C=O) groups is 1. The van der Waals surface area contributed by atoms with Gasteiger partial charge in [0.05, 0.1) is 5.69 Å². The number of anilines is 3. The fourth-order valence-electron chi connectivity index (χ4n) is 2.21. The summed E-state index contributed by atoms with van der Waals surface area (Å²) in [5.74, 6) is -0.0271. The molecule has 130 valence electrons. The highest BCUT2D eigenvalue weighted by Crippen LogP contribution is 2.24. The molecule has 0 fully saturated rings. The molecule has 5 nitrogen and oxygen atoms in total. The lowest BCUT2D eigenvalue weighted by atomic mass is 10.2. The van der Waals surface area contributed by atoms with Crippen LogP contribution in [0.3, 0.4) is 0 Å². The van der Waals surface area contributed by atoms with Gasteiger partial charge < -0.3 is 15.7 Å². The van der Waals surface area contributed by atoms with Crippen LogP contribution in [0, 0.1) is 5.82 Å². The van der Waals surface area contributed by atoms with Crippen molar-refractivity contribution in [1.29, 1.82) is 0 Å². The van der Waals surface area contributed by atoms with Crippen molar-refractivity contribution in [3.05, 3.63) is 84.3 Å². The average molecular weight is 349 g/mol. The summed E-state index contributed by atoms with van der Waals surface area (Å²) in [7, 11) is 0. The van der Waals surface area contributed by atoms with Crippen LogP contribution in [0.15, 0.2) is 72.9 Å². The summed E-state index contributed by atoms with van der Waals surface area (Å²) >= 11 is 0. The molecule has 0 bridgehead atoms. The van der Waals surface area contributed by atoms with Crippen molar-refractivity contribution in [1.82, 2.24) is 4.98 Å². The van der Waals surface area contributed by atoms with Crippen LogP contribution in [-0.4, -0.2) is 16.0 Å². The second-order valence-electron chi connectivity index (χ2n) is 5.45. The molecule has 0 aliphatic heterocycles. The summed E-state index contributed by atoms with van der Waals surface area (Å²) < 4.78 is 12.9. The minimum absolute atomic E-state index is 0.163. The van der Waals surface area contributed by atoms with Gasteiger partial charge in [-0.25, -0.2) is 9.37 Å². The number of pyridine rings is 1. The number of aromatic hydroxyl groups is 1. The van der Waals surface area contributed by atoms with Crippen molar-refractivity contribution in [2.45, 2.75) is 0 Å². The average Bonchev–Trinajstić information content (AvgIpc) is 2.65. The number of halogens is 1. The first-order valence-electron chi connectivity index (χ1n) is 7.86. The Labute approximate surface area is 149 Å². The Kier molecular flexibility index (Phi) is 5.24. The lowest BCUT2D eigenvalue weighted by Crippen LogP contribution is -2.10. The third-order valence-electron chi connectivity index (χ3n) is 3.49. The summed E-state index contributed by atoms with van der Waals surface area (Å²) in [5.41, 5.74) is 1.95. The number of rotatable bonds is 5. The number of hydrogen-bond donors (Lipinski definition) is 3. The molecule has 0 spiro atoms. The number of carbonyl (C=O) groups excluding carboxylic acids is 1. The molecule has 26 heavy (non-hydrogen) atoms. The maximum Gasteiger partial charge on any atom is 0.248 e. The minimum Gasteiger partial charge on any atom is -0.508 e. The van der Waals surface area contributed by atoms with Crippen molar-refractivity contribution < 1.29 is 14.3 Å². The molecule has 0 saturated carbocycles. The topological polar surface area (TPSA) is 74.2 Å². The quantitative estimate of drug-likeness (QED) is 0.474. The maximum atomic E-state index is 12.9. The predicted molar refractivity (Wildman–Crippen MR) is 99.7 cm³/mol.